The Morgan fingerprint density at radius 3 is 2.60 bits per heavy atom. The molecule has 0 aromatic heterocycles. The van der Waals surface area contributed by atoms with Crippen molar-refractivity contribution in [2.75, 3.05) is 0 Å². The second-order valence-electron chi connectivity index (χ2n) is 4.79. The summed E-state index contributed by atoms with van der Waals surface area (Å²) in [6.45, 7) is 2.08. The Morgan fingerprint density at radius 1 is 1.15 bits per heavy atom. The first-order valence-electron chi connectivity index (χ1n) is 6.47. The average molecular weight is 294 g/mol. The molecule has 2 aromatic carbocycles. The van der Waals surface area contributed by atoms with E-state index in [0.29, 0.717) is 12.0 Å². The van der Waals surface area contributed by atoms with E-state index in [1.807, 2.05) is 31.2 Å². The zero-order chi connectivity index (χ0) is 14.5. The molecule has 2 aromatic rings. The van der Waals surface area contributed by atoms with Crippen LogP contribution in [0.3, 0.4) is 0 Å². The molecule has 1 unspecified atom stereocenters. The highest BCUT2D eigenvalue weighted by molar-refractivity contribution is 6.30. The lowest BCUT2D eigenvalue weighted by molar-refractivity contribution is 0.296. The Hall–Kier alpha value is -1.58. The topological polar surface area (TPSA) is 35.2 Å². The minimum Gasteiger partial charge on any atom is -0.489 e. The van der Waals surface area contributed by atoms with Gasteiger partial charge in [-0.05, 0) is 31.0 Å². The summed E-state index contributed by atoms with van der Waals surface area (Å²) in [5, 5.41) is 0.106. The van der Waals surface area contributed by atoms with Gasteiger partial charge in [0.15, 0.2) is 0 Å². The minimum atomic E-state index is -0.432. The van der Waals surface area contributed by atoms with Crippen LogP contribution in [0.5, 0.6) is 5.75 Å². The van der Waals surface area contributed by atoms with Gasteiger partial charge in [-0.25, -0.2) is 4.39 Å². The molecule has 1 atom stereocenters. The molecular weight excluding hydrogens is 277 g/mol. The second-order valence-corrected chi connectivity index (χ2v) is 5.20. The Labute approximate surface area is 123 Å². The number of para-hydroxylation sites is 1. The van der Waals surface area contributed by atoms with E-state index in [0.717, 1.165) is 11.3 Å². The SMILES string of the molecule is CC(N)Cc1ccccc1OCc1cccc(Cl)c1F. The van der Waals surface area contributed by atoms with Gasteiger partial charge in [-0.2, -0.15) is 0 Å². The highest BCUT2D eigenvalue weighted by atomic mass is 35.5. The van der Waals surface area contributed by atoms with Crippen molar-refractivity contribution in [3.63, 3.8) is 0 Å². The third-order valence-corrected chi connectivity index (χ3v) is 3.22. The molecule has 0 spiro atoms. The number of nitrogens with two attached hydrogens (primary N) is 1. The zero-order valence-electron chi connectivity index (χ0n) is 11.3. The molecular formula is C16H17ClFNO. The third-order valence-electron chi connectivity index (χ3n) is 2.93. The summed E-state index contributed by atoms with van der Waals surface area (Å²) in [6, 6.07) is 12.6. The molecule has 4 heteroatoms. The fourth-order valence-electron chi connectivity index (χ4n) is 1.98. The molecule has 2 N–H and O–H groups in total. The van der Waals surface area contributed by atoms with Gasteiger partial charge in [0, 0.05) is 11.6 Å². The Kier molecular flexibility index (Phi) is 4.99. The van der Waals surface area contributed by atoms with Crippen LogP contribution < -0.4 is 10.5 Å². The number of ether oxygens (including phenoxy) is 1. The fourth-order valence-corrected chi connectivity index (χ4v) is 2.17. The van der Waals surface area contributed by atoms with E-state index in [4.69, 9.17) is 22.1 Å². The molecule has 0 aliphatic carbocycles. The monoisotopic (exact) mass is 293 g/mol. The molecule has 0 saturated carbocycles. The minimum absolute atomic E-state index is 0.0441. The fraction of sp³-hybridized carbons (Fsp3) is 0.250. The summed E-state index contributed by atoms with van der Waals surface area (Å²) in [4.78, 5) is 0. The lowest BCUT2D eigenvalue weighted by Crippen LogP contribution is -2.18. The van der Waals surface area contributed by atoms with Crippen LogP contribution in [0.15, 0.2) is 42.5 Å². The number of benzene rings is 2. The molecule has 106 valence electrons. The summed E-state index contributed by atoms with van der Waals surface area (Å²) in [5.41, 5.74) is 7.27. The molecule has 0 aliphatic heterocycles. The van der Waals surface area contributed by atoms with Crippen LogP contribution in [0.2, 0.25) is 5.02 Å². The molecule has 0 aliphatic rings. The van der Waals surface area contributed by atoms with Gasteiger partial charge >= 0.3 is 0 Å². The van der Waals surface area contributed by atoms with Gasteiger partial charge in [-0.1, -0.05) is 41.9 Å². The van der Waals surface area contributed by atoms with E-state index in [2.05, 4.69) is 0 Å². The van der Waals surface area contributed by atoms with Crippen LogP contribution in [-0.2, 0) is 13.0 Å². The maximum Gasteiger partial charge on any atom is 0.148 e. The smallest absolute Gasteiger partial charge is 0.148 e. The predicted octanol–water partition coefficient (Wildman–Crippen LogP) is 3.95. The van der Waals surface area contributed by atoms with Gasteiger partial charge in [0.2, 0.25) is 0 Å². The standard InChI is InChI=1S/C16H17ClFNO/c1-11(19)9-12-5-2-3-8-15(12)20-10-13-6-4-7-14(17)16(13)18/h2-8,11H,9-10,19H2,1H3. The van der Waals surface area contributed by atoms with Crippen molar-refractivity contribution < 1.29 is 9.13 Å². The van der Waals surface area contributed by atoms with Crippen LogP contribution in [-0.4, -0.2) is 6.04 Å². The molecule has 0 saturated heterocycles. The van der Waals surface area contributed by atoms with E-state index >= 15 is 0 Å². The van der Waals surface area contributed by atoms with E-state index in [1.54, 1.807) is 12.1 Å². The van der Waals surface area contributed by atoms with Gasteiger partial charge < -0.3 is 10.5 Å². The van der Waals surface area contributed by atoms with E-state index in [1.165, 1.54) is 6.07 Å². The highest BCUT2D eigenvalue weighted by Crippen LogP contribution is 2.23. The molecule has 0 amide bonds. The Bertz CT molecular complexity index is 586. The van der Waals surface area contributed by atoms with Crippen LogP contribution >= 0.6 is 11.6 Å². The third kappa shape index (κ3) is 3.71. The van der Waals surface area contributed by atoms with E-state index in [-0.39, 0.29) is 17.7 Å². The number of hydrogen-bond acceptors (Lipinski definition) is 2. The van der Waals surface area contributed by atoms with Gasteiger partial charge in [0.1, 0.15) is 18.2 Å². The summed E-state index contributed by atoms with van der Waals surface area (Å²) in [7, 11) is 0. The largest absolute Gasteiger partial charge is 0.489 e. The van der Waals surface area contributed by atoms with Gasteiger partial charge in [-0.15, -0.1) is 0 Å². The quantitative estimate of drug-likeness (QED) is 0.906. The lowest BCUT2D eigenvalue weighted by Gasteiger charge is -2.13. The van der Waals surface area contributed by atoms with Crippen LogP contribution in [0, 0.1) is 5.82 Å². The molecule has 0 radical (unpaired) electrons. The summed E-state index contributed by atoms with van der Waals surface area (Å²) < 4.78 is 19.5. The van der Waals surface area contributed by atoms with E-state index in [9.17, 15) is 4.39 Å². The number of hydrogen-bond donors (Lipinski definition) is 1. The van der Waals surface area contributed by atoms with Gasteiger partial charge in [0.05, 0.1) is 5.02 Å². The van der Waals surface area contributed by atoms with Crippen LogP contribution in [0.25, 0.3) is 0 Å². The van der Waals surface area contributed by atoms with Crippen molar-refractivity contribution in [2.45, 2.75) is 26.0 Å². The molecule has 2 nitrogen and oxygen atoms in total. The van der Waals surface area contributed by atoms with Crippen molar-refractivity contribution >= 4 is 11.6 Å². The summed E-state index contributed by atoms with van der Waals surface area (Å²) in [5.74, 6) is 0.294. The normalized spacial score (nSPS) is 12.2. The second kappa shape index (κ2) is 6.73. The first kappa shape index (κ1) is 14.8. The molecule has 0 bridgehead atoms. The summed E-state index contributed by atoms with van der Waals surface area (Å²) >= 11 is 5.75. The van der Waals surface area contributed by atoms with Crippen molar-refractivity contribution in [1.29, 1.82) is 0 Å². The van der Waals surface area contributed by atoms with Crippen molar-refractivity contribution in [3.8, 4) is 5.75 Å². The molecule has 20 heavy (non-hydrogen) atoms. The van der Waals surface area contributed by atoms with Crippen LogP contribution in [0.1, 0.15) is 18.1 Å². The van der Waals surface area contributed by atoms with E-state index < -0.39 is 5.82 Å². The molecule has 0 fully saturated rings. The summed E-state index contributed by atoms with van der Waals surface area (Å²) in [6.07, 6.45) is 0.716. The average Bonchev–Trinajstić information content (AvgIpc) is 2.41. The highest BCUT2D eigenvalue weighted by Gasteiger charge is 2.09. The Balaban J connectivity index is 2.13. The van der Waals surface area contributed by atoms with Crippen LogP contribution in [0.4, 0.5) is 4.39 Å². The maximum atomic E-state index is 13.8. The molecule has 2 rings (SSSR count). The van der Waals surface area contributed by atoms with Gasteiger partial charge in [-0.3, -0.25) is 0 Å². The number of halogens is 2. The van der Waals surface area contributed by atoms with Crippen molar-refractivity contribution in [1.82, 2.24) is 0 Å². The van der Waals surface area contributed by atoms with Gasteiger partial charge in [0.25, 0.3) is 0 Å². The van der Waals surface area contributed by atoms with Crippen molar-refractivity contribution in [3.05, 3.63) is 64.4 Å². The maximum absolute atomic E-state index is 13.8. The lowest BCUT2D eigenvalue weighted by atomic mass is 10.1. The zero-order valence-corrected chi connectivity index (χ0v) is 12.0. The first-order valence-corrected chi connectivity index (χ1v) is 6.85. The van der Waals surface area contributed by atoms with Crippen molar-refractivity contribution in [2.24, 2.45) is 5.73 Å². The first-order chi connectivity index (χ1) is 9.58. The molecule has 0 heterocycles. The predicted molar refractivity (Wildman–Crippen MR) is 79.5 cm³/mol. The Morgan fingerprint density at radius 2 is 1.85 bits per heavy atom. The number of rotatable bonds is 5.